The van der Waals surface area contributed by atoms with Crippen molar-refractivity contribution < 1.29 is 9.53 Å². The fraction of sp³-hybridized carbons (Fsp3) is 0.278. The van der Waals surface area contributed by atoms with Gasteiger partial charge in [-0.3, -0.25) is 14.2 Å². The fourth-order valence-corrected chi connectivity index (χ4v) is 3.45. The van der Waals surface area contributed by atoms with Crippen LogP contribution in [-0.4, -0.2) is 28.6 Å². The van der Waals surface area contributed by atoms with Crippen molar-refractivity contribution in [3.8, 4) is 5.75 Å². The quantitative estimate of drug-likeness (QED) is 0.628. The number of rotatable bonds is 7. The molecule has 6 nitrogen and oxygen atoms in total. The normalized spacial score (nSPS) is 10.8. The molecule has 0 aliphatic carbocycles. The van der Waals surface area contributed by atoms with E-state index in [1.807, 2.05) is 13.0 Å². The Hall–Kier alpha value is -2.38. The predicted molar refractivity (Wildman–Crippen MR) is 103 cm³/mol. The molecule has 136 valence electrons. The maximum atomic E-state index is 12.4. The number of carbonyl (C=O) groups excluding carboxylic acids is 1. The molecule has 8 heteroatoms. The van der Waals surface area contributed by atoms with E-state index < -0.39 is 0 Å². The zero-order valence-electron chi connectivity index (χ0n) is 14.2. The number of carbonyl (C=O) groups is 1. The van der Waals surface area contributed by atoms with Crippen LogP contribution in [0.5, 0.6) is 5.75 Å². The fourth-order valence-electron chi connectivity index (χ4n) is 2.40. The molecule has 3 rings (SSSR count). The van der Waals surface area contributed by atoms with Crippen LogP contribution in [0.1, 0.15) is 11.8 Å². The molecule has 0 bridgehead atoms. The van der Waals surface area contributed by atoms with Crippen molar-refractivity contribution in [3.05, 3.63) is 56.9 Å². The van der Waals surface area contributed by atoms with E-state index in [9.17, 15) is 9.59 Å². The lowest BCUT2D eigenvalue weighted by Gasteiger charge is -2.09. The van der Waals surface area contributed by atoms with Crippen molar-refractivity contribution in [2.75, 3.05) is 13.2 Å². The Balaban J connectivity index is 1.53. The number of hydrogen-bond donors (Lipinski definition) is 1. The molecule has 26 heavy (non-hydrogen) atoms. The first-order chi connectivity index (χ1) is 12.6. The number of aromatic nitrogens is 2. The molecule has 1 N–H and O–H groups in total. The first kappa shape index (κ1) is 18.4. The van der Waals surface area contributed by atoms with Gasteiger partial charge in [0.15, 0.2) is 0 Å². The van der Waals surface area contributed by atoms with Crippen LogP contribution in [0, 0.1) is 0 Å². The molecule has 2 aromatic heterocycles. The molecule has 0 unspecified atom stereocenters. The zero-order chi connectivity index (χ0) is 18.5. The number of fused-ring (bicyclic) bond motifs is 1. The largest absolute Gasteiger partial charge is 0.492 e. The molecule has 0 saturated carbocycles. The summed E-state index contributed by atoms with van der Waals surface area (Å²) in [6.07, 6.45) is 2.28. The van der Waals surface area contributed by atoms with Gasteiger partial charge in [0.25, 0.3) is 5.56 Å². The Morgan fingerprint density at radius 2 is 2.12 bits per heavy atom. The molecular formula is C18H18ClN3O3S. The Morgan fingerprint density at radius 1 is 1.35 bits per heavy atom. The Bertz CT molecular complexity index is 966. The molecule has 0 aliphatic rings. The Kier molecular flexibility index (Phi) is 5.90. The summed E-state index contributed by atoms with van der Waals surface area (Å²) in [4.78, 5) is 30.6. The van der Waals surface area contributed by atoms with Crippen LogP contribution in [0.2, 0.25) is 5.02 Å². The smallest absolute Gasteiger partial charge is 0.262 e. The predicted octanol–water partition coefficient (Wildman–Crippen LogP) is 2.87. The maximum absolute atomic E-state index is 12.4. The summed E-state index contributed by atoms with van der Waals surface area (Å²) in [5.74, 6) is 0.414. The van der Waals surface area contributed by atoms with Gasteiger partial charge < -0.3 is 10.1 Å². The van der Waals surface area contributed by atoms with E-state index in [0.29, 0.717) is 34.1 Å². The molecular weight excluding hydrogens is 374 g/mol. The number of nitrogens with zero attached hydrogens (tertiary/aromatic N) is 2. The molecule has 0 atom stereocenters. The molecule has 0 fully saturated rings. The number of hydrogen-bond acceptors (Lipinski definition) is 5. The molecule has 3 aromatic rings. The third-order valence-corrected chi connectivity index (χ3v) is 5.18. The summed E-state index contributed by atoms with van der Waals surface area (Å²) in [6, 6.07) is 8.84. The van der Waals surface area contributed by atoms with E-state index in [0.717, 1.165) is 11.3 Å². The number of thiophene rings is 1. The minimum atomic E-state index is -0.265. The SMILES string of the molecule is CCc1cc2c(=O)n(CC(=O)NCCOc3ccc(Cl)cc3)cnc2s1. The van der Waals surface area contributed by atoms with Crippen LogP contribution in [0.25, 0.3) is 10.2 Å². The van der Waals surface area contributed by atoms with Gasteiger partial charge in [-0.15, -0.1) is 11.3 Å². The lowest BCUT2D eigenvalue weighted by atomic mass is 10.3. The number of aryl methyl sites for hydroxylation is 1. The summed E-state index contributed by atoms with van der Waals surface area (Å²) in [5.41, 5.74) is -0.196. The monoisotopic (exact) mass is 391 g/mol. The summed E-state index contributed by atoms with van der Waals surface area (Å²) >= 11 is 7.31. The highest BCUT2D eigenvalue weighted by Gasteiger charge is 2.10. The molecule has 1 aromatic carbocycles. The van der Waals surface area contributed by atoms with Gasteiger partial charge in [0.05, 0.1) is 18.3 Å². The van der Waals surface area contributed by atoms with Crippen LogP contribution in [-0.2, 0) is 17.8 Å². The third kappa shape index (κ3) is 4.42. The van der Waals surface area contributed by atoms with Gasteiger partial charge in [-0.1, -0.05) is 18.5 Å². The van der Waals surface area contributed by atoms with Crippen LogP contribution in [0.3, 0.4) is 0 Å². The maximum Gasteiger partial charge on any atom is 0.262 e. The average molecular weight is 392 g/mol. The van der Waals surface area contributed by atoms with Crippen LogP contribution < -0.4 is 15.6 Å². The first-order valence-corrected chi connectivity index (χ1v) is 9.39. The standard InChI is InChI=1S/C18H18ClN3O3S/c1-2-14-9-15-17(26-14)21-11-22(18(15)24)10-16(23)20-7-8-25-13-5-3-12(19)4-6-13/h3-6,9,11H,2,7-8,10H2,1H3,(H,20,23). The molecule has 0 saturated heterocycles. The van der Waals surface area contributed by atoms with E-state index >= 15 is 0 Å². The summed E-state index contributed by atoms with van der Waals surface area (Å²) < 4.78 is 6.83. The molecule has 0 aliphatic heterocycles. The highest BCUT2D eigenvalue weighted by atomic mass is 35.5. The third-order valence-electron chi connectivity index (χ3n) is 3.74. The number of amides is 1. The van der Waals surface area contributed by atoms with Crippen LogP contribution in [0.4, 0.5) is 0 Å². The first-order valence-electron chi connectivity index (χ1n) is 8.19. The molecule has 0 radical (unpaired) electrons. The van der Waals surface area contributed by atoms with Gasteiger partial charge in [-0.05, 0) is 36.8 Å². The van der Waals surface area contributed by atoms with E-state index in [4.69, 9.17) is 16.3 Å². The lowest BCUT2D eigenvalue weighted by Crippen LogP contribution is -2.34. The van der Waals surface area contributed by atoms with Gasteiger partial charge in [-0.2, -0.15) is 0 Å². The van der Waals surface area contributed by atoms with Crippen LogP contribution >= 0.6 is 22.9 Å². The number of halogens is 1. The Morgan fingerprint density at radius 3 is 2.85 bits per heavy atom. The van der Waals surface area contributed by atoms with E-state index in [-0.39, 0.29) is 18.0 Å². The van der Waals surface area contributed by atoms with E-state index in [1.54, 1.807) is 24.3 Å². The highest BCUT2D eigenvalue weighted by molar-refractivity contribution is 7.18. The van der Waals surface area contributed by atoms with Crippen LogP contribution in [0.15, 0.2) is 41.5 Å². The Labute approximate surface area is 159 Å². The van der Waals surface area contributed by atoms with E-state index in [2.05, 4.69) is 10.3 Å². The van der Waals surface area contributed by atoms with Crippen molar-refractivity contribution in [2.24, 2.45) is 0 Å². The van der Waals surface area contributed by atoms with Crippen molar-refractivity contribution in [1.82, 2.24) is 14.9 Å². The second-order valence-electron chi connectivity index (χ2n) is 5.62. The average Bonchev–Trinajstić information content (AvgIpc) is 3.07. The van der Waals surface area contributed by atoms with Crippen molar-refractivity contribution in [3.63, 3.8) is 0 Å². The van der Waals surface area contributed by atoms with Gasteiger partial charge in [-0.25, -0.2) is 4.98 Å². The minimum Gasteiger partial charge on any atom is -0.492 e. The van der Waals surface area contributed by atoms with Gasteiger partial charge >= 0.3 is 0 Å². The zero-order valence-corrected chi connectivity index (χ0v) is 15.8. The second kappa shape index (κ2) is 8.33. The van der Waals surface area contributed by atoms with Crippen molar-refractivity contribution >= 4 is 39.1 Å². The lowest BCUT2D eigenvalue weighted by molar-refractivity contribution is -0.121. The summed E-state index contributed by atoms with van der Waals surface area (Å²) in [5, 5.41) is 3.93. The number of nitrogens with one attached hydrogen (secondary N) is 1. The van der Waals surface area contributed by atoms with Crippen molar-refractivity contribution in [1.29, 1.82) is 0 Å². The molecule has 1 amide bonds. The highest BCUT2D eigenvalue weighted by Crippen LogP contribution is 2.20. The summed E-state index contributed by atoms with van der Waals surface area (Å²) in [6.45, 7) is 2.62. The van der Waals surface area contributed by atoms with Gasteiger partial charge in [0.1, 0.15) is 23.7 Å². The topological polar surface area (TPSA) is 73.2 Å². The van der Waals surface area contributed by atoms with E-state index in [1.165, 1.54) is 22.2 Å². The number of ether oxygens (including phenoxy) is 1. The molecule has 2 heterocycles. The minimum absolute atomic E-state index is 0.0694. The second-order valence-corrected chi connectivity index (χ2v) is 7.17. The molecule has 0 spiro atoms. The number of benzene rings is 1. The van der Waals surface area contributed by atoms with Crippen molar-refractivity contribution in [2.45, 2.75) is 19.9 Å². The summed E-state index contributed by atoms with van der Waals surface area (Å²) in [7, 11) is 0. The van der Waals surface area contributed by atoms with Gasteiger partial charge in [0.2, 0.25) is 5.91 Å². The van der Waals surface area contributed by atoms with Gasteiger partial charge in [0, 0.05) is 9.90 Å².